The predicted molar refractivity (Wildman–Crippen MR) is 111 cm³/mol. The number of carbonyl (C=O) groups excluding carboxylic acids is 1. The first-order valence-electron chi connectivity index (χ1n) is 9.64. The molecule has 0 saturated heterocycles. The molecule has 0 unspecified atom stereocenters. The molecule has 0 spiro atoms. The standard InChI is InChI=1S/C13H12O.C8H15NO2.C2H6/c1-3-7-12(8-4-1)11-14-13-9-5-2-6-10-13;1-8(2,3)11-7(10)9-6-4-5-6;1-2/h1-10H,11H2;6H,4-5H2,1-3H3,(H,9,10);1-2H3. The van der Waals surface area contributed by atoms with Crippen molar-refractivity contribution in [2.24, 2.45) is 0 Å². The van der Waals surface area contributed by atoms with Gasteiger partial charge in [0.15, 0.2) is 0 Å². The van der Waals surface area contributed by atoms with Gasteiger partial charge < -0.3 is 14.8 Å². The molecule has 2 aromatic carbocycles. The molecular formula is C23H33NO3. The zero-order chi connectivity index (χ0) is 20.1. The van der Waals surface area contributed by atoms with Crippen LogP contribution in [0.2, 0.25) is 0 Å². The summed E-state index contributed by atoms with van der Waals surface area (Å²) < 4.78 is 10.6. The Kier molecular flexibility index (Phi) is 10.0. The zero-order valence-corrected chi connectivity index (χ0v) is 17.2. The third kappa shape index (κ3) is 11.7. The van der Waals surface area contributed by atoms with Gasteiger partial charge in [0.1, 0.15) is 18.0 Å². The summed E-state index contributed by atoms with van der Waals surface area (Å²) in [4.78, 5) is 11.0. The molecule has 2 aromatic rings. The van der Waals surface area contributed by atoms with E-state index in [0.29, 0.717) is 12.6 Å². The van der Waals surface area contributed by atoms with Crippen LogP contribution in [0.5, 0.6) is 5.75 Å². The van der Waals surface area contributed by atoms with Crippen molar-refractivity contribution in [3.05, 3.63) is 66.2 Å². The molecule has 0 heterocycles. The molecule has 0 radical (unpaired) electrons. The average Bonchev–Trinajstić information content (AvgIpc) is 3.46. The molecule has 0 aromatic heterocycles. The minimum atomic E-state index is -0.376. The minimum Gasteiger partial charge on any atom is -0.489 e. The quantitative estimate of drug-likeness (QED) is 0.721. The summed E-state index contributed by atoms with van der Waals surface area (Å²) in [6.07, 6.45) is 1.90. The summed E-state index contributed by atoms with van der Waals surface area (Å²) in [5.41, 5.74) is 0.815. The molecule has 1 saturated carbocycles. The molecule has 148 valence electrons. The predicted octanol–water partition coefficient (Wildman–Crippen LogP) is 5.97. The monoisotopic (exact) mass is 371 g/mol. The van der Waals surface area contributed by atoms with Gasteiger partial charge in [0.05, 0.1) is 0 Å². The Morgan fingerprint density at radius 2 is 1.48 bits per heavy atom. The van der Waals surface area contributed by atoms with Crippen LogP contribution in [-0.2, 0) is 11.3 Å². The van der Waals surface area contributed by atoms with Crippen LogP contribution in [0.4, 0.5) is 4.79 Å². The fourth-order valence-electron chi connectivity index (χ4n) is 1.96. The summed E-state index contributed by atoms with van der Waals surface area (Å²) in [6.45, 7) is 10.2. The Hall–Kier alpha value is -2.49. The number of carbonyl (C=O) groups is 1. The second-order valence-electron chi connectivity index (χ2n) is 7.01. The summed E-state index contributed by atoms with van der Waals surface area (Å²) in [6, 6.07) is 20.4. The van der Waals surface area contributed by atoms with Gasteiger partial charge in [-0.15, -0.1) is 0 Å². The Morgan fingerprint density at radius 3 is 1.96 bits per heavy atom. The Bertz CT molecular complexity index is 592. The van der Waals surface area contributed by atoms with Crippen LogP contribution in [0, 0.1) is 0 Å². The molecule has 1 fully saturated rings. The van der Waals surface area contributed by atoms with Crippen LogP contribution in [0.1, 0.15) is 53.0 Å². The molecule has 4 heteroatoms. The third-order valence-electron chi connectivity index (χ3n) is 3.29. The van der Waals surface area contributed by atoms with Crippen molar-refractivity contribution in [1.82, 2.24) is 5.32 Å². The molecular weight excluding hydrogens is 338 g/mol. The highest BCUT2D eigenvalue weighted by Crippen LogP contribution is 2.19. The van der Waals surface area contributed by atoms with Crippen LogP contribution in [0.3, 0.4) is 0 Å². The van der Waals surface area contributed by atoms with Crippen LogP contribution in [0.25, 0.3) is 0 Å². The zero-order valence-electron chi connectivity index (χ0n) is 17.2. The second kappa shape index (κ2) is 12.0. The van der Waals surface area contributed by atoms with E-state index < -0.39 is 0 Å². The highest BCUT2D eigenvalue weighted by Gasteiger charge is 2.25. The van der Waals surface area contributed by atoms with Gasteiger partial charge in [-0.25, -0.2) is 4.79 Å². The minimum absolute atomic E-state index is 0.292. The number of alkyl carbamates (subject to hydrolysis) is 1. The molecule has 4 nitrogen and oxygen atoms in total. The van der Waals surface area contributed by atoms with Crippen LogP contribution >= 0.6 is 0 Å². The topological polar surface area (TPSA) is 47.6 Å². The van der Waals surface area contributed by atoms with Gasteiger partial charge >= 0.3 is 6.09 Å². The molecule has 0 aliphatic heterocycles. The van der Waals surface area contributed by atoms with Gasteiger partial charge in [-0.05, 0) is 51.3 Å². The van der Waals surface area contributed by atoms with Crippen LogP contribution < -0.4 is 10.1 Å². The smallest absolute Gasteiger partial charge is 0.407 e. The number of rotatable bonds is 4. The number of ether oxygens (including phenoxy) is 2. The second-order valence-corrected chi connectivity index (χ2v) is 7.01. The van der Waals surface area contributed by atoms with Gasteiger partial charge in [0.2, 0.25) is 0 Å². The lowest BCUT2D eigenvalue weighted by molar-refractivity contribution is 0.0524. The van der Waals surface area contributed by atoms with Crippen molar-refractivity contribution < 1.29 is 14.3 Å². The lowest BCUT2D eigenvalue weighted by Gasteiger charge is -2.19. The fraction of sp³-hybridized carbons (Fsp3) is 0.435. The lowest BCUT2D eigenvalue weighted by Crippen LogP contribution is -2.33. The molecule has 3 rings (SSSR count). The fourth-order valence-corrected chi connectivity index (χ4v) is 1.96. The number of hydrogen-bond acceptors (Lipinski definition) is 3. The van der Waals surface area contributed by atoms with E-state index in [2.05, 4.69) is 17.4 Å². The maximum absolute atomic E-state index is 11.0. The van der Waals surface area contributed by atoms with Crippen molar-refractivity contribution in [3.63, 3.8) is 0 Å². The highest BCUT2D eigenvalue weighted by atomic mass is 16.6. The van der Waals surface area contributed by atoms with E-state index in [1.807, 2.05) is 83.1 Å². The number of nitrogens with one attached hydrogen (secondary N) is 1. The maximum atomic E-state index is 11.0. The lowest BCUT2D eigenvalue weighted by atomic mass is 10.2. The SMILES string of the molecule is CC.CC(C)(C)OC(=O)NC1CC1.c1ccc(COc2ccccc2)cc1. The van der Waals surface area contributed by atoms with Crippen molar-refractivity contribution in [3.8, 4) is 5.75 Å². The van der Waals surface area contributed by atoms with Crippen molar-refractivity contribution in [2.45, 2.75) is 65.7 Å². The Balaban J connectivity index is 0.000000254. The summed E-state index contributed by atoms with van der Waals surface area (Å²) in [5.74, 6) is 0.913. The van der Waals surface area contributed by atoms with Crippen molar-refractivity contribution in [2.75, 3.05) is 0 Å². The van der Waals surface area contributed by atoms with Crippen molar-refractivity contribution >= 4 is 6.09 Å². The molecule has 27 heavy (non-hydrogen) atoms. The summed E-state index contributed by atoms with van der Waals surface area (Å²) >= 11 is 0. The normalized spacial score (nSPS) is 12.5. The first kappa shape index (κ1) is 22.6. The highest BCUT2D eigenvalue weighted by molar-refractivity contribution is 5.68. The molecule has 1 aliphatic rings. The van der Waals surface area contributed by atoms with E-state index in [0.717, 1.165) is 18.6 Å². The van der Waals surface area contributed by atoms with Gasteiger partial charge in [-0.3, -0.25) is 0 Å². The maximum Gasteiger partial charge on any atom is 0.407 e. The molecule has 0 atom stereocenters. The largest absolute Gasteiger partial charge is 0.489 e. The number of para-hydroxylation sites is 1. The third-order valence-corrected chi connectivity index (χ3v) is 3.29. The number of amides is 1. The molecule has 1 amide bonds. The first-order chi connectivity index (χ1) is 12.9. The molecule has 1 aliphatic carbocycles. The first-order valence-corrected chi connectivity index (χ1v) is 9.64. The van der Waals surface area contributed by atoms with Gasteiger partial charge in [-0.2, -0.15) is 0 Å². The average molecular weight is 372 g/mol. The van der Waals surface area contributed by atoms with E-state index in [1.165, 1.54) is 5.56 Å². The Labute approximate surface area is 163 Å². The van der Waals surface area contributed by atoms with Crippen LogP contribution in [0.15, 0.2) is 60.7 Å². The van der Waals surface area contributed by atoms with E-state index >= 15 is 0 Å². The van der Waals surface area contributed by atoms with Gasteiger partial charge in [-0.1, -0.05) is 62.4 Å². The van der Waals surface area contributed by atoms with E-state index in [4.69, 9.17) is 9.47 Å². The van der Waals surface area contributed by atoms with E-state index in [1.54, 1.807) is 0 Å². The van der Waals surface area contributed by atoms with Crippen LogP contribution in [-0.4, -0.2) is 17.7 Å². The van der Waals surface area contributed by atoms with Gasteiger partial charge in [0.25, 0.3) is 0 Å². The number of hydrogen-bond donors (Lipinski definition) is 1. The Morgan fingerprint density at radius 1 is 0.963 bits per heavy atom. The van der Waals surface area contributed by atoms with Crippen molar-refractivity contribution in [1.29, 1.82) is 0 Å². The van der Waals surface area contributed by atoms with E-state index in [-0.39, 0.29) is 11.7 Å². The van der Waals surface area contributed by atoms with Gasteiger partial charge in [0, 0.05) is 6.04 Å². The number of benzene rings is 2. The molecule has 1 N–H and O–H groups in total. The molecule has 0 bridgehead atoms. The summed E-state index contributed by atoms with van der Waals surface area (Å²) in [5, 5.41) is 2.75. The summed E-state index contributed by atoms with van der Waals surface area (Å²) in [7, 11) is 0. The van der Waals surface area contributed by atoms with E-state index in [9.17, 15) is 4.79 Å².